The summed E-state index contributed by atoms with van der Waals surface area (Å²) in [6, 6.07) is 0.355. The lowest BCUT2D eigenvalue weighted by Gasteiger charge is -2.26. The molecule has 2 heterocycles. The molecule has 3 heteroatoms. The van der Waals surface area contributed by atoms with Gasteiger partial charge in [-0.2, -0.15) is 0 Å². The highest BCUT2D eigenvalue weighted by Crippen LogP contribution is 2.22. The second kappa shape index (κ2) is 6.26. The van der Waals surface area contributed by atoms with Gasteiger partial charge in [-0.3, -0.25) is 0 Å². The van der Waals surface area contributed by atoms with Crippen molar-refractivity contribution >= 4 is 0 Å². The first-order chi connectivity index (χ1) is 7.90. The molecule has 1 saturated heterocycles. The Morgan fingerprint density at radius 3 is 3.00 bits per heavy atom. The van der Waals surface area contributed by atoms with E-state index in [9.17, 15) is 0 Å². The van der Waals surface area contributed by atoms with Crippen molar-refractivity contribution in [1.29, 1.82) is 0 Å². The van der Waals surface area contributed by atoms with Crippen molar-refractivity contribution in [1.82, 2.24) is 5.32 Å². The van der Waals surface area contributed by atoms with Crippen LogP contribution < -0.4 is 5.32 Å². The molecule has 0 bridgehead atoms. The summed E-state index contributed by atoms with van der Waals surface area (Å²) in [6.07, 6.45) is 8.45. The van der Waals surface area contributed by atoms with Crippen LogP contribution in [-0.2, 0) is 9.47 Å². The molecule has 0 spiro atoms. The van der Waals surface area contributed by atoms with E-state index in [0.717, 1.165) is 44.8 Å². The topological polar surface area (TPSA) is 30.5 Å². The summed E-state index contributed by atoms with van der Waals surface area (Å²) < 4.78 is 11.4. The van der Waals surface area contributed by atoms with Gasteiger partial charge in [0.05, 0.1) is 18.8 Å². The molecule has 2 unspecified atom stereocenters. The summed E-state index contributed by atoms with van der Waals surface area (Å²) >= 11 is 0. The van der Waals surface area contributed by atoms with Crippen LogP contribution in [0.15, 0.2) is 11.8 Å². The minimum atomic E-state index is 0.355. The molecule has 0 radical (unpaired) electrons. The third-order valence-corrected chi connectivity index (χ3v) is 3.28. The number of ether oxygens (including phenoxy) is 2. The Kier molecular flexibility index (Phi) is 4.67. The maximum Gasteiger partial charge on any atom is 0.109 e. The van der Waals surface area contributed by atoms with E-state index >= 15 is 0 Å². The Balaban J connectivity index is 1.89. The molecule has 92 valence electrons. The molecule has 2 atom stereocenters. The lowest BCUT2D eigenvalue weighted by molar-refractivity contribution is 0.0850. The molecule has 0 saturated carbocycles. The average molecular weight is 225 g/mol. The zero-order chi connectivity index (χ0) is 11.2. The highest BCUT2D eigenvalue weighted by molar-refractivity contribution is 5.06. The van der Waals surface area contributed by atoms with Gasteiger partial charge in [-0.05, 0) is 44.7 Å². The van der Waals surface area contributed by atoms with E-state index in [1.165, 1.54) is 12.8 Å². The van der Waals surface area contributed by atoms with E-state index < -0.39 is 0 Å². The van der Waals surface area contributed by atoms with Gasteiger partial charge >= 0.3 is 0 Å². The highest BCUT2D eigenvalue weighted by Gasteiger charge is 2.24. The van der Waals surface area contributed by atoms with E-state index in [-0.39, 0.29) is 0 Å². The van der Waals surface area contributed by atoms with Gasteiger partial charge in [-0.25, -0.2) is 0 Å². The summed E-state index contributed by atoms with van der Waals surface area (Å²) in [6.45, 7) is 4.94. The maximum absolute atomic E-state index is 5.75. The van der Waals surface area contributed by atoms with Gasteiger partial charge in [0.2, 0.25) is 0 Å². The lowest BCUT2D eigenvalue weighted by Crippen LogP contribution is -2.35. The Labute approximate surface area is 98.2 Å². The fourth-order valence-corrected chi connectivity index (χ4v) is 2.46. The van der Waals surface area contributed by atoms with E-state index in [1.807, 2.05) is 0 Å². The van der Waals surface area contributed by atoms with Crippen LogP contribution in [0.1, 0.15) is 39.0 Å². The highest BCUT2D eigenvalue weighted by atomic mass is 16.5. The molecular formula is C13H23NO2. The summed E-state index contributed by atoms with van der Waals surface area (Å²) in [5, 5.41) is 3.51. The molecule has 2 aliphatic rings. The zero-order valence-electron chi connectivity index (χ0n) is 10.2. The number of rotatable bonds is 5. The second-order valence-electron chi connectivity index (χ2n) is 4.58. The van der Waals surface area contributed by atoms with Crippen LogP contribution in [0, 0.1) is 0 Å². The van der Waals surface area contributed by atoms with Gasteiger partial charge < -0.3 is 14.8 Å². The summed E-state index contributed by atoms with van der Waals surface area (Å²) in [5.41, 5.74) is 0. The molecule has 0 aromatic carbocycles. The van der Waals surface area contributed by atoms with Crippen LogP contribution in [0.25, 0.3) is 0 Å². The first-order valence-electron chi connectivity index (χ1n) is 6.58. The SMILES string of the molecule is CCNC(CC1CCCO1)C1=CCCCO1. The smallest absolute Gasteiger partial charge is 0.109 e. The van der Waals surface area contributed by atoms with Crippen LogP contribution in [0.2, 0.25) is 0 Å². The molecule has 0 aromatic heterocycles. The van der Waals surface area contributed by atoms with E-state index in [1.54, 1.807) is 0 Å². The monoisotopic (exact) mass is 225 g/mol. The van der Waals surface area contributed by atoms with Crippen molar-refractivity contribution in [2.24, 2.45) is 0 Å². The Morgan fingerprint density at radius 1 is 1.44 bits per heavy atom. The quantitative estimate of drug-likeness (QED) is 0.778. The third-order valence-electron chi connectivity index (χ3n) is 3.28. The van der Waals surface area contributed by atoms with E-state index in [4.69, 9.17) is 9.47 Å². The molecule has 0 amide bonds. The molecule has 2 aliphatic heterocycles. The number of hydrogen-bond acceptors (Lipinski definition) is 3. The van der Waals surface area contributed by atoms with Gasteiger partial charge in [-0.15, -0.1) is 0 Å². The molecule has 1 N–H and O–H groups in total. The van der Waals surface area contributed by atoms with Gasteiger partial charge in [0.15, 0.2) is 0 Å². The minimum Gasteiger partial charge on any atom is -0.497 e. The van der Waals surface area contributed by atoms with Crippen molar-refractivity contribution in [3.63, 3.8) is 0 Å². The standard InChI is InChI=1S/C13H23NO2/c1-2-14-12(10-11-6-5-9-15-11)13-7-3-4-8-16-13/h7,11-12,14H,2-6,8-10H2,1H3. The maximum atomic E-state index is 5.75. The Hall–Kier alpha value is -0.540. The van der Waals surface area contributed by atoms with Crippen molar-refractivity contribution in [2.45, 2.75) is 51.2 Å². The summed E-state index contributed by atoms with van der Waals surface area (Å²) in [5.74, 6) is 1.14. The Morgan fingerprint density at radius 2 is 2.38 bits per heavy atom. The van der Waals surface area contributed by atoms with Crippen molar-refractivity contribution in [2.75, 3.05) is 19.8 Å². The van der Waals surface area contributed by atoms with Crippen molar-refractivity contribution in [3.8, 4) is 0 Å². The van der Waals surface area contributed by atoms with E-state index in [0.29, 0.717) is 12.1 Å². The normalized spacial score (nSPS) is 27.3. The first-order valence-corrected chi connectivity index (χ1v) is 6.58. The summed E-state index contributed by atoms with van der Waals surface area (Å²) in [4.78, 5) is 0. The predicted molar refractivity (Wildman–Crippen MR) is 64.3 cm³/mol. The van der Waals surface area contributed by atoms with Crippen LogP contribution >= 0.6 is 0 Å². The predicted octanol–water partition coefficient (Wildman–Crippen LogP) is 2.23. The van der Waals surface area contributed by atoms with Crippen molar-refractivity contribution in [3.05, 3.63) is 11.8 Å². The molecule has 2 rings (SSSR count). The van der Waals surface area contributed by atoms with Crippen molar-refractivity contribution < 1.29 is 9.47 Å². The van der Waals surface area contributed by atoms with Crippen LogP contribution in [-0.4, -0.2) is 31.9 Å². The van der Waals surface area contributed by atoms with E-state index in [2.05, 4.69) is 18.3 Å². The molecule has 16 heavy (non-hydrogen) atoms. The number of likely N-dealkylation sites (N-methyl/N-ethyl adjacent to an activating group) is 1. The van der Waals surface area contributed by atoms with Gasteiger partial charge in [-0.1, -0.05) is 6.92 Å². The molecular weight excluding hydrogens is 202 g/mol. The van der Waals surface area contributed by atoms with Gasteiger partial charge in [0, 0.05) is 6.61 Å². The number of hydrogen-bond donors (Lipinski definition) is 1. The molecule has 3 nitrogen and oxygen atoms in total. The largest absolute Gasteiger partial charge is 0.497 e. The number of allylic oxidation sites excluding steroid dienone is 1. The molecule has 0 aromatic rings. The van der Waals surface area contributed by atoms with Gasteiger partial charge in [0.1, 0.15) is 5.76 Å². The van der Waals surface area contributed by atoms with Crippen LogP contribution in [0.5, 0.6) is 0 Å². The molecule has 1 fully saturated rings. The Bertz CT molecular complexity index is 234. The fraction of sp³-hybridized carbons (Fsp3) is 0.846. The molecule has 0 aliphatic carbocycles. The second-order valence-corrected chi connectivity index (χ2v) is 4.58. The third kappa shape index (κ3) is 3.22. The first kappa shape index (κ1) is 11.9. The van der Waals surface area contributed by atoms with Crippen LogP contribution in [0.3, 0.4) is 0 Å². The zero-order valence-corrected chi connectivity index (χ0v) is 10.2. The average Bonchev–Trinajstić information content (AvgIpc) is 2.83. The minimum absolute atomic E-state index is 0.355. The van der Waals surface area contributed by atoms with Crippen LogP contribution in [0.4, 0.5) is 0 Å². The van der Waals surface area contributed by atoms with Gasteiger partial charge in [0.25, 0.3) is 0 Å². The summed E-state index contributed by atoms with van der Waals surface area (Å²) in [7, 11) is 0. The fourth-order valence-electron chi connectivity index (χ4n) is 2.46. The number of nitrogens with one attached hydrogen (secondary N) is 1. The lowest BCUT2D eigenvalue weighted by atomic mass is 10.0.